The minimum absolute atomic E-state index is 0.271. The highest BCUT2D eigenvalue weighted by molar-refractivity contribution is 7.48. The van der Waals surface area contributed by atoms with E-state index in [-0.39, 0.29) is 12.8 Å². The number of hydrogen-bond donors (Lipinski definition) is 1. The Kier molecular flexibility index (Phi) is 13.0. The molecule has 1 saturated heterocycles. The normalized spacial score (nSPS) is 17.2. The highest BCUT2D eigenvalue weighted by atomic mass is 31.2. The second-order valence-electron chi connectivity index (χ2n) is 6.95. The van der Waals surface area contributed by atoms with Gasteiger partial charge < -0.3 is 5.73 Å². The fourth-order valence-electron chi connectivity index (χ4n) is 2.76. The summed E-state index contributed by atoms with van der Waals surface area (Å²) >= 11 is 0. The summed E-state index contributed by atoms with van der Waals surface area (Å²) < 4.78 is 29.6. The molecule has 0 spiro atoms. The quantitative estimate of drug-likeness (QED) is 0.329. The predicted molar refractivity (Wildman–Crippen MR) is 103 cm³/mol. The Labute approximate surface area is 154 Å². The summed E-state index contributed by atoms with van der Waals surface area (Å²) in [5, 5.41) is 0. The van der Waals surface area contributed by atoms with Crippen LogP contribution in [0.3, 0.4) is 0 Å². The van der Waals surface area contributed by atoms with Crippen LogP contribution in [-0.2, 0) is 18.1 Å². The fourth-order valence-corrected chi connectivity index (χ4v) is 3.99. The van der Waals surface area contributed by atoms with Crippen molar-refractivity contribution in [1.29, 1.82) is 0 Å². The average molecular weight is 378 g/mol. The zero-order valence-electron chi connectivity index (χ0n) is 16.3. The lowest BCUT2D eigenvalue weighted by molar-refractivity contribution is 0.0462. The number of phosphoric acid groups is 1. The first-order chi connectivity index (χ1) is 12.1. The van der Waals surface area contributed by atoms with E-state index in [1.165, 1.54) is 25.7 Å². The van der Waals surface area contributed by atoms with Crippen molar-refractivity contribution in [1.82, 2.24) is 4.90 Å². The molecule has 0 radical (unpaired) electrons. The number of rotatable bonds is 15. The van der Waals surface area contributed by atoms with Gasteiger partial charge in [-0.2, -0.15) is 0 Å². The van der Waals surface area contributed by atoms with Gasteiger partial charge in [-0.15, -0.1) is 0 Å². The SMILES string of the molecule is CCCCCCOP(=O)(OCCCCCC)OCN1CCC(N)CC1. The van der Waals surface area contributed by atoms with Crippen LogP contribution in [0.25, 0.3) is 0 Å². The number of piperidine rings is 1. The number of nitrogens with two attached hydrogens (primary N) is 1. The van der Waals surface area contributed by atoms with Crippen molar-refractivity contribution in [3.8, 4) is 0 Å². The molecule has 7 heteroatoms. The summed E-state index contributed by atoms with van der Waals surface area (Å²) in [7, 11) is -3.47. The predicted octanol–water partition coefficient (Wildman–Crippen LogP) is 4.69. The van der Waals surface area contributed by atoms with Crippen molar-refractivity contribution >= 4 is 7.82 Å². The Hall–Kier alpha value is 0.0300. The van der Waals surface area contributed by atoms with Gasteiger partial charge in [-0.3, -0.25) is 18.5 Å². The molecule has 1 rings (SSSR count). The maximum atomic E-state index is 12.9. The molecular formula is C18H39N2O4P. The maximum absolute atomic E-state index is 12.9. The Bertz CT molecular complexity index is 345. The third kappa shape index (κ3) is 11.4. The van der Waals surface area contributed by atoms with Crippen molar-refractivity contribution in [2.75, 3.05) is 33.0 Å². The van der Waals surface area contributed by atoms with Gasteiger partial charge in [-0.1, -0.05) is 52.4 Å². The van der Waals surface area contributed by atoms with Gasteiger partial charge in [0.1, 0.15) is 6.73 Å². The maximum Gasteiger partial charge on any atom is 0.476 e. The summed E-state index contributed by atoms with van der Waals surface area (Å²) in [6.07, 6.45) is 10.5. The zero-order valence-corrected chi connectivity index (χ0v) is 17.2. The lowest BCUT2D eigenvalue weighted by atomic mass is 10.1. The summed E-state index contributed by atoms with van der Waals surface area (Å²) in [6.45, 7) is 7.21. The Morgan fingerprint density at radius 2 is 1.40 bits per heavy atom. The molecule has 1 aliphatic rings. The van der Waals surface area contributed by atoms with Gasteiger partial charge in [0.15, 0.2) is 0 Å². The molecule has 6 nitrogen and oxygen atoms in total. The standard InChI is InChI=1S/C18H39N2O4P/c1-3-5-7-9-15-22-25(21,23-16-10-8-6-4-2)24-17-20-13-11-18(19)12-14-20/h18H,3-17,19H2,1-2H3. The van der Waals surface area contributed by atoms with Gasteiger partial charge in [0.05, 0.1) is 13.2 Å². The van der Waals surface area contributed by atoms with E-state index in [9.17, 15) is 4.57 Å². The van der Waals surface area contributed by atoms with Crippen molar-refractivity contribution in [2.24, 2.45) is 5.73 Å². The van der Waals surface area contributed by atoms with E-state index >= 15 is 0 Å². The van der Waals surface area contributed by atoms with Crippen LogP contribution in [0.1, 0.15) is 78.1 Å². The van der Waals surface area contributed by atoms with Crippen molar-refractivity contribution in [2.45, 2.75) is 84.1 Å². The minimum atomic E-state index is -3.47. The molecule has 1 fully saturated rings. The molecule has 0 unspecified atom stereocenters. The first-order valence-corrected chi connectivity index (χ1v) is 11.6. The number of unbranched alkanes of at least 4 members (excludes halogenated alkanes) is 6. The third-order valence-electron chi connectivity index (χ3n) is 4.53. The second-order valence-corrected chi connectivity index (χ2v) is 8.62. The van der Waals surface area contributed by atoms with Crippen LogP contribution in [0.4, 0.5) is 0 Å². The molecular weight excluding hydrogens is 339 g/mol. The van der Waals surface area contributed by atoms with Gasteiger partial charge in [0.2, 0.25) is 0 Å². The lowest BCUT2D eigenvalue weighted by Crippen LogP contribution is -2.40. The van der Waals surface area contributed by atoms with Crippen LogP contribution in [0.15, 0.2) is 0 Å². The van der Waals surface area contributed by atoms with Gasteiger partial charge in [0, 0.05) is 19.1 Å². The molecule has 0 aliphatic carbocycles. The number of hydrogen-bond acceptors (Lipinski definition) is 6. The van der Waals surface area contributed by atoms with E-state index in [0.717, 1.165) is 51.6 Å². The molecule has 2 N–H and O–H groups in total. The Morgan fingerprint density at radius 3 is 1.88 bits per heavy atom. The fraction of sp³-hybridized carbons (Fsp3) is 1.00. The minimum Gasteiger partial charge on any atom is -0.328 e. The molecule has 1 aliphatic heterocycles. The molecule has 1 heterocycles. The molecule has 0 atom stereocenters. The largest absolute Gasteiger partial charge is 0.476 e. The summed E-state index contributed by atoms with van der Waals surface area (Å²) in [5.41, 5.74) is 5.92. The molecule has 0 aromatic carbocycles. The Balaban J connectivity index is 2.35. The second kappa shape index (κ2) is 14.1. The molecule has 150 valence electrons. The molecule has 0 bridgehead atoms. The van der Waals surface area contributed by atoms with Crippen LogP contribution in [0.2, 0.25) is 0 Å². The highest BCUT2D eigenvalue weighted by Crippen LogP contribution is 2.50. The number of phosphoric ester groups is 1. The summed E-state index contributed by atoms with van der Waals surface area (Å²) in [4.78, 5) is 2.12. The van der Waals surface area contributed by atoms with Crippen molar-refractivity contribution < 1.29 is 18.1 Å². The summed E-state index contributed by atoms with van der Waals surface area (Å²) in [5.74, 6) is 0. The van der Waals surface area contributed by atoms with E-state index in [0.29, 0.717) is 13.2 Å². The number of nitrogens with zero attached hydrogens (tertiary/aromatic N) is 1. The molecule has 0 saturated carbocycles. The van der Waals surface area contributed by atoms with Crippen LogP contribution < -0.4 is 5.73 Å². The monoisotopic (exact) mass is 378 g/mol. The average Bonchev–Trinajstić information content (AvgIpc) is 2.61. The first-order valence-electron chi connectivity index (χ1n) is 10.1. The van der Waals surface area contributed by atoms with E-state index in [4.69, 9.17) is 19.3 Å². The first kappa shape index (κ1) is 23.1. The van der Waals surface area contributed by atoms with E-state index in [1.54, 1.807) is 0 Å². The number of likely N-dealkylation sites (tertiary alicyclic amines) is 1. The smallest absolute Gasteiger partial charge is 0.328 e. The molecule has 0 amide bonds. The van der Waals surface area contributed by atoms with Crippen molar-refractivity contribution in [3.05, 3.63) is 0 Å². The van der Waals surface area contributed by atoms with Gasteiger partial charge in [-0.05, 0) is 25.7 Å². The van der Waals surface area contributed by atoms with Gasteiger partial charge >= 0.3 is 7.82 Å². The van der Waals surface area contributed by atoms with E-state index in [2.05, 4.69) is 18.7 Å². The van der Waals surface area contributed by atoms with Crippen LogP contribution in [-0.4, -0.2) is 44.0 Å². The van der Waals surface area contributed by atoms with Gasteiger partial charge in [-0.25, -0.2) is 4.57 Å². The van der Waals surface area contributed by atoms with E-state index < -0.39 is 7.82 Å². The molecule has 0 aromatic heterocycles. The lowest BCUT2D eigenvalue weighted by Gasteiger charge is -2.30. The third-order valence-corrected chi connectivity index (χ3v) is 5.95. The zero-order chi connectivity index (χ0) is 18.4. The van der Waals surface area contributed by atoms with Crippen LogP contribution in [0.5, 0.6) is 0 Å². The van der Waals surface area contributed by atoms with Crippen LogP contribution in [0, 0.1) is 0 Å². The van der Waals surface area contributed by atoms with Crippen molar-refractivity contribution in [3.63, 3.8) is 0 Å². The Morgan fingerprint density at radius 1 is 0.880 bits per heavy atom. The molecule has 25 heavy (non-hydrogen) atoms. The van der Waals surface area contributed by atoms with Crippen LogP contribution >= 0.6 is 7.82 Å². The van der Waals surface area contributed by atoms with Gasteiger partial charge in [0.25, 0.3) is 0 Å². The van der Waals surface area contributed by atoms with E-state index in [1.807, 2.05) is 0 Å². The summed E-state index contributed by atoms with van der Waals surface area (Å²) in [6, 6.07) is 0.271. The highest BCUT2D eigenvalue weighted by Gasteiger charge is 2.28. The molecule has 0 aromatic rings. The topological polar surface area (TPSA) is 74.0 Å².